The molecule has 3 saturated carbocycles. The predicted molar refractivity (Wildman–Crippen MR) is 87.3 cm³/mol. The van der Waals surface area contributed by atoms with Crippen LogP contribution in [0.25, 0.3) is 0 Å². The highest BCUT2D eigenvalue weighted by atomic mass is 16.3. The van der Waals surface area contributed by atoms with Crippen LogP contribution in [-0.2, 0) is 4.79 Å². The Bertz CT molecular complexity index is 532. The molecule has 2 heteroatoms. The average Bonchev–Trinajstić information content (AvgIpc) is 2.69. The summed E-state index contributed by atoms with van der Waals surface area (Å²) in [6, 6.07) is 0. The molecule has 0 aromatic carbocycles. The van der Waals surface area contributed by atoms with Gasteiger partial charge in [-0.3, -0.25) is 4.79 Å². The fraction of sp³-hybridized carbons (Fsp3) is 0.850. The van der Waals surface area contributed by atoms with Gasteiger partial charge in [-0.05, 0) is 86.5 Å². The monoisotopic (exact) mass is 302 g/mol. The smallest absolute Gasteiger partial charge is 0.155 e. The third-order valence-electron chi connectivity index (χ3n) is 8.20. The number of ketones is 1. The Morgan fingerprint density at radius 3 is 2.73 bits per heavy atom. The Hall–Kier alpha value is -0.630. The van der Waals surface area contributed by atoms with E-state index in [1.165, 1.54) is 18.4 Å². The first kappa shape index (κ1) is 14.9. The van der Waals surface area contributed by atoms with Crippen LogP contribution in [0.3, 0.4) is 0 Å². The van der Waals surface area contributed by atoms with Crippen LogP contribution in [0.2, 0.25) is 0 Å². The van der Waals surface area contributed by atoms with E-state index >= 15 is 0 Å². The quantitative estimate of drug-likeness (QED) is 0.730. The molecule has 4 aliphatic rings. The second-order valence-electron chi connectivity index (χ2n) is 9.13. The third kappa shape index (κ3) is 1.85. The van der Waals surface area contributed by atoms with Crippen LogP contribution in [0.4, 0.5) is 0 Å². The van der Waals surface area contributed by atoms with Gasteiger partial charge in [0, 0.05) is 6.42 Å². The van der Waals surface area contributed by atoms with E-state index in [4.69, 9.17) is 0 Å². The highest BCUT2D eigenvalue weighted by Crippen LogP contribution is 2.65. The highest BCUT2D eigenvalue weighted by Gasteiger charge is 2.61. The maximum absolute atomic E-state index is 11.8. The van der Waals surface area contributed by atoms with E-state index in [2.05, 4.69) is 20.8 Å². The van der Waals surface area contributed by atoms with Crippen LogP contribution in [-0.4, -0.2) is 16.5 Å². The third-order valence-corrected chi connectivity index (χ3v) is 8.20. The van der Waals surface area contributed by atoms with E-state index in [0.29, 0.717) is 23.5 Å². The molecule has 0 aromatic heterocycles. The number of aliphatic hydroxyl groups is 1. The average molecular weight is 302 g/mol. The van der Waals surface area contributed by atoms with E-state index < -0.39 is 5.60 Å². The summed E-state index contributed by atoms with van der Waals surface area (Å²) < 4.78 is 0. The summed E-state index contributed by atoms with van der Waals surface area (Å²) >= 11 is 0. The molecule has 4 rings (SSSR count). The van der Waals surface area contributed by atoms with Crippen molar-refractivity contribution in [2.75, 3.05) is 0 Å². The van der Waals surface area contributed by atoms with Crippen molar-refractivity contribution in [3.63, 3.8) is 0 Å². The van der Waals surface area contributed by atoms with Crippen molar-refractivity contribution in [2.24, 2.45) is 35.0 Å². The van der Waals surface area contributed by atoms with Crippen molar-refractivity contribution in [3.8, 4) is 0 Å². The van der Waals surface area contributed by atoms with Crippen molar-refractivity contribution in [1.29, 1.82) is 0 Å². The lowest BCUT2D eigenvalue weighted by atomic mass is 9.48. The number of fused-ring (bicyclic) bond motifs is 5. The highest BCUT2D eigenvalue weighted by molar-refractivity contribution is 5.91. The fourth-order valence-electron chi connectivity index (χ4n) is 6.83. The topological polar surface area (TPSA) is 37.3 Å². The number of hydrogen-bond acceptors (Lipinski definition) is 2. The van der Waals surface area contributed by atoms with Gasteiger partial charge in [0.05, 0.1) is 5.60 Å². The minimum atomic E-state index is -0.485. The molecule has 4 aliphatic carbocycles. The maximum Gasteiger partial charge on any atom is 0.155 e. The van der Waals surface area contributed by atoms with Crippen molar-refractivity contribution < 1.29 is 9.90 Å². The maximum atomic E-state index is 11.8. The van der Waals surface area contributed by atoms with Crippen LogP contribution >= 0.6 is 0 Å². The van der Waals surface area contributed by atoms with Gasteiger partial charge < -0.3 is 5.11 Å². The molecule has 0 saturated heterocycles. The van der Waals surface area contributed by atoms with Crippen LogP contribution in [0.1, 0.15) is 65.7 Å². The van der Waals surface area contributed by atoms with E-state index in [1.807, 2.05) is 6.08 Å². The minimum Gasteiger partial charge on any atom is -0.390 e. The molecule has 22 heavy (non-hydrogen) atoms. The normalized spacial score (nSPS) is 54.3. The number of carbonyl (C=O) groups is 1. The number of carbonyl (C=O) groups excluding carboxylic acids is 1. The Morgan fingerprint density at radius 2 is 1.95 bits per heavy atom. The molecule has 0 heterocycles. The van der Waals surface area contributed by atoms with E-state index in [-0.39, 0.29) is 5.41 Å². The van der Waals surface area contributed by atoms with Gasteiger partial charge >= 0.3 is 0 Å². The molecule has 0 amide bonds. The molecule has 1 N–H and O–H groups in total. The molecule has 0 unspecified atom stereocenters. The van der Waals surface area contributed by atoms with Gasteiger partial charge in [-0.2, -0.15) is 0 Å². The fourth-order valence-corrected chi connectivity index (χ4v) is 6.83. The summed E-state index contributed by atoms with van der Waals surface area (Å²) in [6.07, 6.45) is 9.51. The number of allylic oxidation sites excluding steroid dienone is 1. The summed E-state index contributed by atoms with van der Waals surface area (Å²) in [6.45, 7) is 6.82. The summed E-state index contributed by atoms with van der Waals surface area (Å²) in [5.41, 5.74) is 1.08. The zero-order valence-corrected chi connectivity index (χ0v) is 14.3. The molecule has 3 fully saturated rings. The second kappa shape index (κ2) is 4.69. The molecular formula is C20H30O2. The van der Waals surface area contributed by atoms with Gasteiger partial charge in [-0.15, -0.1) is 0 Å². The van der Waals surface area contributed by atoms with Crippen LogP contribution < -0.4 is 0 Å². The van der Waals surface area contributed by atoms with Crippen LogP contribution in [0.5, 0.6) is 0 Å². The summed E-state index contributed by atoms with van der Waals surface area (Å²) in [5.74, 6) is 3.86. The Kier molecular flexibility index (Phi) is 3.18. The molecule has 0 aliphatic heterocycles. The molecule has 0 bridgehead atoms. The SMILES string of the molecule is C[C@@H]1CC2=CC(=O)CC[C@@H]2[C@H]2CC[C@@]3(C)[C@@H](CC[C@@]3(C)O)[C@@H]21. The zero-order valence-electron chi connectivity index (χ0n) is 14.3. The summed E-state index contributed by atoms with van der Waals surface area (Å²) in [5, 5.41) is 10.9. The molecular weight excluding hydrogens is 272 g/mol. The molecule has 2 nitrogen and oxygen atoms in total. The first-order chi connectivity index (χ1) is 10.3. The minimum absolute atomic E-state index is 0.105. The predicted octanol–water partition coefficient (Wildman–Crippen LogP) is 4.13. The Balaban J connectivity index is 1.69. The van der Waals surface area contributed by atoms with Gasteiger partial charge in [0.1, 0.15) is 0 Å². The first-order valence-electron chi connectivity index (χ1n) is 9.29. The molecule has 0 aromatic rings. The van der Waals surface area contributed by atoms with Gasteiger partial charge in [-0.1, -0.05) is 19.4 Å². The largest absolute Gasteiger partial charge is 0.390 e. The summed E-state index contributed by atoms with van der Waals surface area (Å²) in [4.78, 5) is 11.8. The number of rotatable bonds is 0. The molecule has 0 radical (unpaired) electrons. The summed E-state index contributed by atoms with van der Waals surface area (Å²) in [7, 11) is 0. The van der Waals surface area contributed by atoms with Gasteiger partial charge in [-0.25, -0.2) is 0 Å². The lowest BCUT2D eigenvalue weighted by molar-refractivity contribution is -0.121. The second-order valence-corrected chi connectivity index (χ2v) is 9.13. The van der Waals surface area contributed by atoms with Crippen molar-refractivity contribution in [1.82, 2.24) is 0 Å². The van der Waals surface area contributed by atoms with Crippen LogP contribution in [0, 0.1) is 35.0 Å². The first-order valence-corrected chi connectivity index (χ1v) is 9.29. The van der Waals surface area contributed by atoms with E-state index in [1.54, 1.807) is 0 Å². The molecule has 0 spiro atoms. The number of hydrogen-bond donors (Lipinski definition) is 1. The molecule has 7 atom stereocenters. The molecule has 122 valence electrons. The van der Waals surface area contributed by atoms with E-state index in [0.717, 1.165) is 43.9 Å². The Morgan fingerprint density at radius 1 is 1.18 bits per heavy atom. The lowest BCUT2D eigenvalue weighted by Crippen LogP contribution is -2.53. The Labute approximate surface area is 134 Å². The van der Waals surface area contributed by atoms with Gasteiger partial charge in [0.2, 0.25) is 0 Å². The van der Waals surface area contributed by atoms with Gasteiger partial charge in [0.25, 0.3) is 0 Å². The van der Waals surface area contributed by atoms with Crippen molar-refractivity contribution >= 4 is 5.78 Å². The zero-order chi connectivity index (χ0) is 15.7. The van der Waals surface area contributed by atoms with Crippen LogP contribution in [0.15, 0.2) is 11.6 Å². The standard InChI is InChI=1S/C20H30O2/c1-12-10-13-11-14(21)4-5-15(13)16-6-8-19(2)17(18(12)16)7-9-20(19,3)22/h11-12,15-18,22H,4-10H2,1-3H3/t12-,15+,16-,17+,18-,19+,20-/m1/s1. The lowest BCUT2D eigenvalue weighted by Gasteiger charge is -2.57. The van der Waals surface area contributed by atoms with Crippen molar-refractivity contribution in [3.05, 3.63) is 11.6 Å². The van der Waals surface area contributed by atoms with Crippen molar-refractivity contribution in [2.45, 2.75) is 71.3 Å². The van der Waals surface area contributed by atoms with Gasteiger partial charge in [0.15, 0.2) is 5.78 Å². The van der Waals surface area contributed by atoms with E-state index in [9.17, 15) is 9.90 Å².